The van der Waals surface area contributed by atoms with Crippen molar-refractivity contribution in [1.82, 2.24) is 5.43 Å². The van der Waals surface area contributed by atoms with Crippen LogP contribution < -0.4 is 14.9 Å². The van der Waals surface area contributed by atoms with Gasteiger partial charge in [0.1, 0.15) is 6.61 Å². The Labute approximate surface area is 218 Å². The quantitative estimate of drug-likeness (QED) is 0.124. The summed E-state index contributed by atoms with van der Waals surface area (Å²) in [6, 6.07) is 19.1. The molecular weight excluding hydrogens is 627 g/mol. The normalized spacial score (nSPS) is 10.9. The predicted molar refractivity (Wildman–Crippen MR) is 142 cm³/mol. The van der Waals surface area contributed by atoms with E-state index in [9.17, 15) is 4.79 Å². The van der Waals surface area contributed by atoms with Gasteiger partial charge in [-0.3, -0.25) is 4.79 Å². The lowest BCUT2D eigenvalue weighted by Crippen LogP contribution is -2.19. The van der Waals surface area contributed by atoms with Crippen molar-refractivity contribution in [2.45, 2.75) is 11.5 Å². The summed E-state index contributed by atoms with van der Waals surface area (Å²) in [6.45, 7) is 0.417. The van der Waals surface area contributed by atoms with Crippen molar-refractivity contribution < 1.29 is 14.3 Å². The van der Waals surface area contributed by atoms with Gasteiger partial charge in [-0.05, 0) is 98.2 Å². The largest absolute Gasteiger partial charge is 0.493 e. The van der Waals surface area contributed by atoms with Crippen molar-refractivity contribution in [3.05, 3.63) is 84.9 Å². The van der Waals surface area contributed by atoms with Crippen molar-refractivity contribution in [2.24, 2.45) is 5.10 Å². The van der Waals surface area contributed by atoms with Crippen LogP contribution in [-0.2, 0) is 11.4 Å². The van der Waals surface area contributed by atoms with Crippen molar-refractivity contribution >= 4 is 74.0 Å². The fourth-order valence-electron chi connectivity index (χ4n) is 2.58. The summed E-state index contributed by atoms with van der Waals surface area (Å²) in [6.07, 6.45) is 1.56. The highest BCUT2D eigenvalue weighted by atomic mass is 127. The number of hydrazone groups is 1. The van der Waals surface area contributed by atoms with Gasteiger partial charge in [-0.25, -0.2) is 5.43 Å². The van der Waals surface area contributed by atoms with Crippen LogP contribution in [0.5, 0.6) is 11.5 Å². The molecule has 32 heavy (non-hydrogen) atoms. The van der Waals surface area contributed by atoms with Crippen LogP contribution in [0.3, 0.4) is 0 Å². The zero-order chi connectivity index (χ0) is 22.9. The number of carbonyl (C=O) groups is 1. The van der Waals surface area contributed by atoms with Crippen LogP contribution in [0.15, 0.2) is 75.1 Å². The number of hydrogen-bond acceptors (Lipinski definition) is 5. The number of nitrogens with one attached hydrogen (secondary N) is 1. The highest BCUT2D eigenvalue weighted by Gasteiger charge is 2.12. The summed E-state index contributed by atoms with van der Waals surface area (Å²) in [5.74, 6) is 1.21. The van der Waals surface area contributed by atoms with Gasteiger partial charge < -0.3 is 9.47 Å². The number of rotatable bonds is 9. The minimum absolute atomic E-state index is 0.204. The van der Waals surface area contributed by atoms with Gasteiger partial charge in [0.05, 0.1) is 23.5 Å². The molecule has 3 aromatic rings. The molecule has 0 aromatic heterocycles. The van der Waals surface area contributed by atoms with Crippen molar-refractivity contribution in [3.8, 4) is 11.5 Å². The second kappa shape index (κ2) is 12.5. The number of amides is 1. The first kappa shape index (κ1) is 24.9. The lowest BCUT2D eigenvalue weighted by Gasteiger charge is -2.13. The average molecular weight is 646 g/mol. The summed E-state index contributed by atoms with van der Waals surface area (Å²) in [5, 5.41) is 4.70. The van der Waals surface area contributed by atoms with Crippen LogP contribution in [-0.4, -0.2) is 25.0 Å². The summed E-state index contributed by atoms with van der Waals surface area (Å²) in [5.41, 5.74) is 4.34. The van der Waals surface area contributed by atoms with E-state index in [1.807, 2.05) is 42.5 Å². The van der Waals surface area contributed by atoms with Crippen molar-refractivity contribution in [3.63, 3.8) is 0 Å². The molecule has 3 rings (SSSR count). The van der Waals surface area contributed by atoms with E-state index in [2.05, 4.69) is 49.0 Å². The number of nitrogens with zero attached hydrogens (tertiary/aromatic N) is 1. The van der Waals surface area contributed by atoms with Crippen LogP contribution >= 0.6 is 61.9 Å². The van der Waals surface area contributed by atoms with Crippen molar-refractivity contribution in [2.75, 3.05) is 12.9 Å². The predicted octanol–water partition coefficient (Wildman–Crippen LogP) is 6.54. The monoisotopic (exact) mass is 644 g/mol. The molecule has 0 saturated heterocycles. The molecular formula is C23H19BrClIN2O3S. The van der Waals surface area contributed by atoms with Crippen LogP contribution in [0.2, 0.25) is 5.02 Å². The van der Waals surface area contributed by atoms with E-state index in [4.69, 9.17) is 21.1 Å². The van der Waals surface area contributed by atoms with Gasteiger partial charge in [0.2, 0.25) is 5.91 Å². The first-order chi connectivity index (χ1) is 15.4. The number of halogens is 3. The average Bonchev–Trinajstić information content (AvgIpc) is 2.79. The maximum absolute atomic E-state index is 12.0. The molecule has 1 N–H and O–H groups in total. The molecule has 1 amide bonds. The number of ether oxygens (including phenoxy) is 2. The third kappa shape index (κ3) is 7.68. The molecule has 5 nitrogen and oxygen atoms in total. The van der Waals surface area contributed by atoms with Gasteiger partial charge in [-0.15, -0.1) is 11.8 Å². The van der Waals surface area contributed by atoms with E-state index in [0.717, 1.165) is 20.5 Å². The Hall–Kier alpha value is -1.75. The molecule has 0 saturated carbocycles. The lowest BCUT2D eigenvalue weighted by molar-refractivity contribution is -0.118. The summed E-state index contributed by atoms with van der Waals surface area (Å²) < 4.78 is 13.3. The zero-order valence-corrected chi connectivity index (χ0v) is 22.3. The standard InChI is InChI=1S/C23H19BrClIN2O3S/c1-30-21-11-16(10-20(24)23(21)31-13-15-2-6-18(26)7-3-15)12-27-28-22(29)14-32-19-8-4-17(25)5-9-19/h2-12H,13-14H2,1H3,(H,28,29)/b27-12-. The fourth-order valence-corrected chi connectivity index (χ4v) is 4.33. The lowest BCUT2D eigenvalue weighted by atomic mass is 10.2. The molecule has 0 unspecified atom stereocenters. The molecule has 0 atom stereocenters. The number of carbonyl (C=O) groups excluding carboxylic acids is 1. The number of hydrogen-bond donors (Lipinski definition) is 1. The zero-order valence-electron chi connectivity index (χ0n) is 17.0. The Bertz CT molecular complexity index is 1100. The molecule has 0 bridgehead atoms. The Morgan fingerprint density at radius 3 is 2.59 bits per heavy atom. The van der Waals surface area contributed by atoms with Gasteiger partial charge in [-0.2, -0.15) is 5.10 Å². The molecule has 0 aliphatic heterocycles. The number of thioether (sulfide) groups is 1. The smallest absolute Gasteiger partial charge is 0.250 e. The van der Waals surface area contributed by atoms with Gasteiger partial charge in [0.25, 0.3) is 0 Å². The maximum Gasteiger partial charge on any atom is 0.250 e. The first-order valence-electron chi connectivity index (χ1n) is 9.39. The topological polar surface area (TPSA) is 59.9 Å². The van der Waals surface area contributed by atoms with Gasteiger partial charge in [0.15, 0.2) is 11.5 Å². The van der Waals surface area contributed by atoms with E-state index in [1.54, 1.807) is 31.5 Å². The van der Waals surface area contributed by atoms with Gasteiger partial charge >= 0.3 is 0 Å². The minimum atomic E-state index is -0.204. The van der Waals surface area contributed by atoms with Crippen molar-refractivity contribution in [1.29, 1.82) is 0 Å². The van der Waals surface area contributed by atoms with E-state index in [-0.39, 0.29) is 11.7 Å². The number of benzene rings is 3. The molecule has 0 fully saturated rings. The van der Waals surface area contributed by atoms with Crippen LogP contribution in [0, 0.1) is 3.57 Å². The SMILES string of the molecule is COc1cc(/C=N\NC(=O)CSc2ccc(Cl)cc2)cc(Br)c1OCc1ccc(I)cc1. The van der Waals surface area contributed by atoms with E-state index < -0.39 is 0 Å². The van der Waals surface area contributed by atoms with Gasteiger partial charge in [0, 0.05) is 13.5 Å². The first-order valence-corrected chi connectivity index (χ1v) is 12.6. The van der Waals surface area contributed by atoms with E-state index in [0.29, 0.717) is 23.1 Å². The van der Waals surface area contributed by atoms with Crippen LogP contribution in [0.4, 0.5) is 0 Å². The molecule has 0 heterocycles. The molecule has 0 spiro atoms. The number of methoxy groups -OCH3 is 1. The minimum Gasteiger partial charge on any atom is -0.493 e. The van der Waals surface area contributed by atoms with Gasteiger partial charge in [-0.1, -0.05) is 23.7 Å². The highest BCUT2D eigenvalue weighted by Crippen LogP contribution is 2.36. The molecule has 3 aromatic carbocycles. The Morgan fingerprint density at radius 1 is 1.19 bits per heavy atom. The Morgan fingerprint density at radius 2 is 1.91 bits per heavy atom. The molecule has 0 radical (unpaired) electrons. The Balaban J connectivity index is 1.57. The summed E-state index contributed by atoms with van der Waals surface area (Å²) in [4.78, 5) is 13.0. The Kier molecular flexibility index (Phi) is 9.70. The summed E-state index contributed by atoms with van der Waals surface area (Å²) >= 11 is 13.1. The van der Waals surface area contributed by atoms with Crippen LogP contribution in [0.25, 0.3) is 0 Å². The third-order valence-corrected chi connectivity index (χ3v) is 6.71. The van der Waals surface area contributed by atoms with E-state index >= 15 is 0 Å². The fraction of sp³-hybridized carbons (Fsp3) is 0.130. The molecule has 0 aliphatic rings. The second-order valence-electron chi connectivity index (χ2n) is 6.49. The highest BCUT2D eigenvalue weighted by molar-refractivity contribution is 14.1. The molecule has 166 valence electrons. The molecule has 0 aliphatic carbocycles. The maximum atomic E-state index is 12.0. The van der Waals surface area contributed by atoms with Crippen LogP contribution in [0.1, 0.15) is 11.1 Å². The second-order valence-corrected chi connectivity index (χ2v) is 10.1. The summed E-state index contributed by atoms with van der Waals surface area (Å²) in [7, 11) is 1.58. The van der Waals surface area contributed by atoms with E-state index in [1.165, 1.54) is 15.3 Å². The third-order valence-electron chi connectivity index (χ3n) is 4.13. The molecule has 9 heteroatoms.